The second-order valence-corrected chi connectivity index (χ2v) is 6.00. The van der Waals surface area contributed by atoms with Crippen molar-refractivity contribution in [1.29, 1.82) is 0 Å². The van der Waals surface area contributed by atoms with Gasteiger partial charge in [-0.3, -0.25) is 4.79 Å². The Morgan fingerprint density at radius 1 is 1.47 bits per heavy atom. The zero-order chi connectivity index (χ0) is 11.4. The maximum absolute atomic E-state index is 10.6. The third-order valence-corrected chi connectivity index (χ3v) is 4.83. The predicted octanol–water partition coefficient (Wildman–Crippen LogP) is 1.96. The van der Waals surface area contributed by atoms with Crippen molar-refractivity contribution in [3.63, 3.8) is 0 Å². The third kappa shape index (κ3) is 4.03. The van der Waals surface area contributed by atoms with E-state index in [0.29, 0.717) is 11.0 Å². The summed E-state index contributed by atoms with van der Waals surface area (Å²) in [7, 11) is 0. The fourth-order valence-corrected chi connectivity index (χ4v) is 3.33. The van der Waals surface area contributed by atoms with E-state index in [0.717, 1.165) is 11.8 Å². The normalized spacial score (nSPS) is 33.7. The molecule has 0 spiro atoms. The van der Waals surface area contributed by atoms with Gasteiger partial charge in [-0.1, -0.05) is 13.8 Å². The predicted molar refractivity (Wildman–Crippen MR) is 64.0 cm³/mol. The summed E-state index contributed by atoms with van der Waals surface area (Å²) in [5.74, 6) is 1.23. The number of nitrogens with two attached hydrogens (primary N) is 1. The largest absolute Gasteiger partial charge is 0.480 e. The average Bonchev–Trinajstić information content (AvgIpc) is 2.19. The van der Waals surface area contributed by atoms with E-state index in [1.807, 2.05) is 0 Å². The van der Waals surface area contributed by atoms with Crippen LogP contribution < -0.4 is 5.73 Å². The van der Waals surface area contributed by atoms with Crippen molar-refractivity contribution < 1.29 is 9.90 Å². The van der Waals surface area contributed by atoms with Crippen molar-refractivity contribution in [2.45, 2.75) is 44.4 Å². The van der Waals surface area contributed by atoms with Crippen LogP contribution in [0.5, 0.6) is 0 Å². The van der Waals surface area contributed by atoms with Crippen molar-refractivity contribution >= 4 is 17.7 Å². The fourth-order valence-electron chi connectivity index (χ4n) is 1.96. The van der Waals surface area contributed by atoms with Crippen LogP contribution in [-0.2, 0) is 4.79 Å². The maximum Gasteiger partial charge on any atom is 0.321 e. The number of carbonyl (C=O) groups is 1. The van der Waals surface area contributed by atoms with Gasteiger partial charge in [0.25, 0.3) is 0 Å². The highest BCUT2D eigenvalue weighted by Crippen LogP contribution is 2.35. The first-order valence-electron chi connectivity index (χ1n) is 5.60. The second-order valence-electron chi connectivity index (χ2n) is 4.67. The molecule has 3 N–H and O–H groups in total. The molecule has 0 aromatic rings. The van der Waals surface area contributed by atoms with Gasteiger partial charge in [0.15, 0.2) is 0 Å². The van der Waals surface area contributed by atoms with Gasteiger partial charge < -0.3 is 10.8 Å². The minimum atomic E-state index is -0.889. The second kappa shape index (κ2) is 5.75. The molecule has 1 aliphatic carbocycles. The van der Waals surface area contributed by atoms with E-state index < -0.39 is 12.0 Å². The zero-order valence-corrected chi connectivity index (χ0v) is 10.3. The SMILES string of the molecule is CC1CCC(SC[C@H](N)C(=O)O)CC1C. The van der Waals surface area contributed by atoms with Crippen molar-refractivity contribution in [2.75, 3.05) is 5.75 Å². The lowest BCUT2D eigenvalue weighted by atomic mass is 9.81. The van der Waals surface area contributed by atoms with Gasteiger partial charge in [0.2, 0.25) is 0 Å². The number of rotatable bonds is 4. The maximum atomic E-state index is 10.6. The molecule has 88 valence electrons. The van der Waals surface area contributed by atoms with Gasteiger partial charge in [-0.05, 0) is 31.1 Å². The smallest absolute Gasteiger partial charge is 0.321 e. The Bertz CT molecular complexity index is 223. The van der Waals surface area contributed by atoms with Gasteiger partial charge in [-0.2, -0.15) is 11.8 Å². The van der Waals surface area contributed by atoms with Crippen LogP contribution in [-0.4, -0.2) is 28.1 Å². The Morgan fingerprint density at radius 3 is 2.67 bits per heavy atom. The molecule has 0 amide bonds. The van der Waals surface area contributed by atoms with Crippen LogP contribution in [0, 0.1) is 11.8 Å². The zero-order valence-electron chi connectivity index (χ0n) is 9.48. The molecule has 4 heteroatoms. The summed E-state index contributed by atoms with van der Waals surface area (Å²) in [6, 6.07) is -0.704. The highest BCUT2D eigenvalue weighted by Gasteiger charge is 2.25. The quantitative estimate of drug-likeness (QED) is 0.776. The Kier molecular flexibility index (Phi) is 4.93. The lowest BCUT2D eigenvalue weighted by Crippen LogP contribution is -2.34. The molecule has 0 heterocycles. The Labute approximate surface area is 95.8 Å². The van der Waals surface area contributed by atoms with E-state index in [4.69, 9.17) is 10.8 Å². The summed E-state index contributed by atoms with van der Waals surface area (Å²) in [6.45, 7) is 4.59. The van der Waals surface area contributed by atoms with Crippen LogP contribution in [0.15, 0.2) is 0 Å². The van der Waals surface area contributed by atoms with Crippen LogP contribution in [0.4, 0.5) is 0 Å². The summed E-state index contributed by atoms with van der Waals surface area (Å²) in [6.07, 6.45) is 3.68. The minimum absolute atomic E-state index is 0.543. The average molecular weight is 231 g/mol. The molecule has 0 saturated heterocycles. The highest BCUT2D eigenvalue weighted by atomic mass is 32.2. The third-order valence-electron chi connectivity index (χ3n) is 3.38. The number of hydrogen-bond donors (Lipinski definition) is 2. The molecule has 4 atom stereocenters. The lowest BCUT2D eigenvalue weighted by molar-refractivity contribution is -0.137. The summed E-state index contributed by atoms with van der Waals surface area (Å²) in [4.78, 5) is 10.6. The fraction of sp³-hybridized carbons (Fsp3) is 0.909. The van der Waals surface area contributed by atoms with E-state index in [9.17, 15) is 4.79 Å². The van der Waals surface area contributed by atoms with Crippen molar-refractivity contribution in [2.24, 2.45) is 17.6 Å². The molecule has 3 nitrogen and oxygen atoms in total. The number of aliphatic carboxylic acids is 1. The van der Waals surface area contributed by atoms with Crippen LogP contribution in [0.25, 0.3) is 0 Å². The number of thioether (sulfide) groups is 1. The molecule has 15 heavy (non-hydrogen) atoms. The Hall–Kier alpha value is -0.220. The molecule has 0 bridgehead atoms. The van der Waals surface area contributed by atoms with E-state index in [2.05, 4.69) is 13.8 Å². The van der Waals surface area contributed by atoms with Gasteiger partial charge in [0.1, 0.15) is 6.04 Å². The lowest BCUT2D eigenvalue weighted by Gasteiger charge is -2.31. The first kappa shape index (κ1) is 12.8. The molecule has 0 aromatic carbocycles. The topological polar surface area (TPSA) is 63.3 Å². The van der Waals surface area contributed by atoms with Gasteiger partial charge in [0.05, 0.1) is 0 Å². The van der Waals surface area contributed by atoms with Crippen molar-refractivity contribution in [1.82, 2.24) is 0 Å². The summed E-state index contributed by atoms with van der Waals surface area (Å²) in [5, 5.41) is 9.28. The number of carboxylic acid groups (broad SMARTS) is 1. The standard InChI is InChI=1S/C11H21NO2S/c1-7-3-4-9(5-8(7)2)15-6-10(12)11(13)14/h7-10H,3-6,12H2,1-2H3,(H,13,14)/t7?,8?,9?,10-/m0/s1. The van der Waals surface area contributed by atoms with Gasteiger partial charge >= 0.3 is 5.97 Å². The van der Waals surface area contributed by atoms with Crippen LogP contribution in [0.1, 0.15) is 33.1 Å². The van der Waals surface area contributed by atoms with Gasteiger partial charge in [-0.25, -0.2) is 0 Å². The van der Waals surface area contributed by atoms with E-state index in [1.54, 1.807) is 11.8 Å². The van der Waals surface area contributed by atoms with Gasteiger partial charge in [-0.15, -0.1) is 0 Å². The van der Waals surface area contributed by atoms with Crippen LogP contribution in [0.2, 0.25) is 0 Å². The molecule has 0 aromatic heterocycles. The molecule has 1 rings (SSSR count). The number of hydrogen-bond acceptors (Lipinski definition) is 3. The highest BCUT2D eigenvalue weighted by molar-refractivity contribution is 7.99. The minimum Gasteiger partial charge on any atom is -0.480 e. The molecule has 0 aliphatic heterocycles. The molecule has 1 saturated carbocycles. The summed E-state index contributed by atoms with van der Waals surface area (Å²) in [5.41, 5.74) is 5.48. The van der Waals surface area contributed by atoms with E-state index in [1.165, 1.54) is 19.3 Å². The molecule has 1 fully saturated rings. The van der Waals surface area contributed by atoms with Gasteiger partial charge in [0, 0.05) is 11.0 Å². The van der Waals surface area contributed by atoms with E-state index in [-0.39, 0.29) is 0 Å². The first-order chi connectivity index (χ1) is 7.00. The molecule has 3 unspecified atom stereocenters. The van der Waals surface area contributed by atoms with Crippen LogP contribution in [0.3, 0.4) is 0 Å². The van der Waals surface area contributed by atoms with Crippen molar-refractivity contribution in [3.05, 3.63) is 0 Å². The Balaban J connectivity index is 2.25. The first-order valence-corrected chi connectivity index (χ1v) is 6.65. The van der Waals surface area contributed by atoms with Crippen molar-refractivity contribution in [3.8, 4) is 0 Å². The summed E-state index contributed by atoms with van der Waals surface area (Å²) >= 11 is 1.73. The molecule has 0 radical (unpaired) electrons. The van der Waals surface area contributed by atoms with E-state index >= 15 is 0 Å². The monoisotopic (exact) mass is 231 g/mol. The Morgan fingerprint density at radius 2 is 2.13 bits per heavy atom. The molecular formula is C11H21NO2S. The molecule has 1 aliphatic rings. The molecular weight excluding hydrogens is 210 g/mol. The van der Waals surface area contributed by atoms with Crippen LogP contribution >= 0.6 is 11.8 Å². The summed E-state index contributed by atoms with van der Waals surface area (Å²) < 4.78 is 0. The number of carboxylic acids is 1.